The van der Waals surface area contributed by atoms with Crippen molar-refractivity contribution >= 4 is 50.7 Å². The van der Waals surface area contributed by atoms with E-state index in [0.29, 0.717) is 11.8 Å². The van der Waals surface area contributed by atoms with Gasteiger partial charge in [0.1, 0.15) is 0 Å². The molecule has 3 heteroatoms. The van der Waals surface area contributed by atoms with Gasteiger partial charge < -0.3 is 0 Å². The van der Waals surface area contributed by atoms with Crippen molar-refractivity contribution in [2.24, 2.45) is 11.8 Å². The topological polar surface area (TPSA) is 0 Å². The average molecular weight is 786 g/mol. The molecule has 2 aliphatic rings. The molecule has 0 saturated carbocycles. The van der Waals surface area contributed by atoms with Crippen LogP contribution in [0.2, 0.25) is 4.13 Å². The van der Waals surface area contributed by atoms with Gasteiger partial charge >= 0.3 is 315 Å². The summed E-state index contributed by atoms with van der Waals surface area (Å²) in [4.78, 5) is 0. The fraction of sp³-hybridized carbons (Fsp3) is 0.250. The molecule has 8 rings (SSSR count). The second-order valence-corrected chi connectivity index (χ2v) is 38.7. The minimum absolute atomic E-state index is 0.00316. The van der Waals surface area contributed by atoms with Crippen molar-refractivity contribution in [3.05, 3.63) is 154 Å². The molecule has 0 saturated heterocycles. The summed E-state index contributed by atoms with van der Waals surface area (Å²) in [5, 5.41) is 5.06. The second kappa shape index (κ2) is 12.7. The molecule has 0 spiro atoms. The molecule has 0 heterocycles. The molecule has 0 nitrogen and oxygen atoms in total. The first-order chi connectivity index (χ1) is 24.4. The summed E-state index contributed by atoms with van der Waals surface area (Å²) in [5.41, 5.74) is 15.8. The van der Waals surface area contributed by atoms with E-state index in [1.807, 2.05) is 0 Å². The van der Waals surface area contributed by atoms with Crippen molar-refractivity contribution in [3.8, 4) is 22.3 Å². The zero-order valence-corrected chi connectivity index (χ0v) is 34.8. The normalized spacial score (nSPS) is 17.8. The molecule has 0 radical (unpaired) electrons. The first-order valence-electron chi connectivity index (χ1n) is 18.7. The minimum atomic E-state index is -5.05. The first kappa shape index (κ1) is 34.8. The molecule has 2 atom stereocenters. The molecule has 0 aromatic heterocycles. The van der Waals surface area contributed by atoms with Crippen LogP contribution in [-0.4, -0.2) is 0 Å². The third kappa shape index (κ3) is 5.32. The fourth-order valence-corrected chi connectivity index (χ4v) is 28.2. The molecule has 51 heavy (non-hydrogen) atoms. The predicted molar refractivity (Wildman–Crippen MR) is 222 cm³/mol. The molecule has 0 aliphatic heterocycles. The summed E-state index contributed by atoms with van der Waals surface area (Å²) in [7, 11) is 17.5. The van der Waals surface area contributed by atoms with Crippen LogP contribution in [0, 0.1) is 25.7 Å². The van der Waals surface area contributed by atoms with Crippen molar-refractivity contribution in [2.45, 2.75) is 59.8 Å². The molecule has 6 aromatic carbocycles. The van der Waals surface area contributed by atoms with Crippen LogP contribution in [0.3, 0.4) is 0 Å². The van der Waals surface area contributed by atoms with Gasteiger partial charge in [-0.2, -0.15) is 0 Å². The zero-order chi connectivity index (χ0) is 35.8. The Labute approximate surface area is 312 Å². The van der Waals surface area contributed by atoms with E-state index >= 15 is 0 Å². The van der Waals surface area contributed by atoms with E-state index in [4.69, 9.17) is 17.0 Å². The van der Waals surface area contributed by atoms with E-state index in [0.717, 1.165) is 4.13 Å². The molecule has 0 bridgehead atoms. The van der Waals surface area contributed by atoms with Gasteiger partial charge in [0, 0.05) is 0 Å². The van der Waals surface area contributed by atoms with Crippen molar-refractivity contribution in [1.82, 2.24) is 0 Å². The van der Waals surface area contributed by atoms with Crippen LogP contribution >= 0.6 is 17.0 Å². The summed E-state index contributed by atoms with van der Waals surface area (Å²) < 4.78 is 0.801. The zero-order valence-electron chi connectivity index (χ0n) is 30.8. The Kier molecular flexibility index (Phi) is 8.69. The van der Waals surface area contributed by atoms with Crippen LogP contribution in [0.4, 0.5) is 0 Å². The van der Waals surface area contributed by atoms with E-state index in [1.54, 1.807) is 0 Å². The second-order valence-electron chi connectivity index (χ2n) is 15.7. The Morgan fingerprint density at radius 2 is 0.902 bits per heavy atom. The third-order valence-electron chi connectivity index (χ3n) is 12.2. The molecule has 0 amide bonds. The van der Waals surface area contributed by atoms with Crippen molar-refractivity contribution in [1.29, 1.82) is 0 Å². The Morgan fingerprint density at radius 1 is 0.510 bits per heavy atom. The van der Waals surface area contributed by atoms with Crippen LogP contribution in [0.15, 0.2) is 120 Å². The van der Waals surface area contributed by atoms with E-state index < -0.39 is 16.4 Å². The molecular formula is C48H47Cl2Zr. The summed E-state index contributed by atoms with van der Waals surface area (Å²) in [5.74, 6) is 0.601. The molecule has 2 unspecified atom stereocenters. The molecule has 0 fully saturated rings. The van der Waals surface area contributed by atoms with E-state index in [1.165, 1.54) is 88.3 Å². The Hall–Kier alpha value is -3.22. The van der Waals surface area contributed by atoms with Crippen LogP contribution in [-0.2, 0) is 16.4 Å². The number of fused-ring (bicyclic) bond motifs is 4. The molecule has 257 valence electrons. The van der Waals surface area contributed by atoms with Gasteiger partial charge in [0.2, 0.25) is 0 Å². The van der Waals surface area contributed by atoms with Gasteiger partial charge in [-0.05, 0) is 0 Å². The van der Waals surface area contributed by atoms with Crippen LogP contribution in [0.1, 0.15) is 75.3 Å². The van der Waals surface area contributed by atoms with E-state index in [2.05, 4.69) is 170 Å². The van der Waals surface area contributed by atoms with Gasteiger partial charge in [-0.3, -0.25) is 0 Å². The third-order valence-corrected chi connectivity index (χ3v) is 32.7. The summed E-state index contributed by atoms with van der Waals surface area (Å²) in [6.07, 6.45) is 4.99. The molecule has 2 aliphatic carbocycles. The van der Waals surface area contributed by atoms with Crippen molar-refractivity contribution in [2.75, 3.05) is 0 Å². The van der Waals surface area contributed by atoms with E-state index in [9.17, 15) is 0 Å². The molecular weight excluding hydrogens is 739 g/mol. The molecule has 0 N–H and O–H groups in total. The van der Waals surface area contributed by atoms with Crippen LogP contribution in [0.25, 0.3) is 56.0 Å². The Balaban J connectivity index is 1.40. The standard InChI is InChI=1S/2C23H21.C2H5.2ClH.Zr/c2*1-15(2)18-13-22-16(3)11-12-21(23(22)14-18)20-10-6-8-17-7-4-5-9-19(17)20;1-2;;;/h2*4-15H,1-3H3;1H2,2H3;2*1H;/q;;;;;+2/p-2. The van der Waals surface area contributed by atoms with Crippen molar-refractivity contribution < 1.29 is 16.4 Å². The average Bonchev–Trinajstić information content (AvgIpc) is 3.76. The number of benzene rings is 6. The fourth-order valence-electron chi connectivity index (χ4n) is 9.64. The quantitative estimate of drug-likeness (QED) is 0.151. The Bertz CT molecular complexity index is 2270. The Morgan fingerprint density at radius 3 is 1.29 bits per heavy atom. The predicted octanol–water partition coefficient (Wildman–Crippen LogP) is 15.3. The number of allylic oxidation sites excluding steroid dienone is 2. The van der Waals surface area contributed by atoms with Crippen LogP contribution < -0.4 is 0 Å². The number of aryl methyl sites for hydroxylation is 2. The van der Waals surface area contributed by atoms with Gasteiger partial charge in [-0.25, -0.2) is 0 Å². The molecule has 6 aromatic rings. The number of halogens is 2. The van der Waals surface area contributed by atoms with Gasteiger partial charge in [0.25, 0.3) is 0 Å². The van der Waals surface area contributed by atoms with Gasteiger partial charge in [0.15, 0.2) is 0 Å². The number of hydrogen-bond acceptors (Lipinski definition) is 0. The van der Waals surface area contributed by atoms with Gasteiger partial charge in [-0.15, -0.1) is 0 Å². The van der Waals surface area contributed by atoms with Gasteiger partial charge in [0.05, 0.1) is 0 Å². The van der Waals surface area contributed by atoms with Crippen LogP contribution in [0.5, 0.6) is 0 Å². The van der Waals surface area contributed by atoms with Crippen molar-refractivity contribution in [3.63, 3.8) is 0 Å². The number of rotatable bonds is 7. The SMILES string of the molecule is C[CH2][Zr]([Cl])([Cl])([CH]1C(C(C)C)=Cc2c(-c3cccc4ccccc34)ccc(C)c21)[CH]1C(C(C)C)=Cc2c(-c3cccc4ccccc34)ccc(C)c21. The summed E-state index contributed by atoms with van der Waals surface area (Å²) in [6, 6.07) is 40.1. The maximum absolute atomic E-state index is 8.75. The summed E-state index contributed by atoms with van der Waals surface area (Å²) in [6.45, 7) is 16.2. The van der Waals surface area contributed by atoms with Gasteiger partial charge in [-0.1, -0.05) is 0 Å². The monoisotopic (exact) mass is 783 g/mol. The summed E-state index contributed by atoms with van der Waals surface area (Å²) >= 11 is -5.05. The maximum atomic E-state index is 8.75. The number of hydrogen-bond donors (Lipinski definition) is 0. The van der Waals surface area contributed by atoms with E-state index in [-0.39, 0.29) is 7.25 Å². The first-order valence-corrected chi connectivity index (χ1v) is 29.6.